The molecule has 1 aromatic carbocycles. The van der Waals surface area contributed by atoms with Gasteiger partial charge in [0.05, 0.1) is 30.4 Å². The van der Waals surface area contributed by atoms with Gasteiger partial charge in [0.15, 0.2) is 5.69 Å². The Morgan fingerprint density at radius 3 is 2.64 bits per heavy atom. The Balaban J connectivity index is 1.38. The number of nitrogens with two attached hydrogens (primary N) is 2. The Hall–Kier alpha value is -4.88. The molecular weight excluding hydrogens is 509 g/mol. The number of carbonyl (C=O) groups excluding carboxylic acids is 4. The predicted molar refractivity (Wildman–Crippen MR) is 136 cm³/mol. The lowest BCUT2D eigenvalue weighted by Crippen LogP contribution is -2.55. The number of primary amides is 2. The lowest BCUT2D eigenvalue weighted by Gasteiger charge is -2.27. The predicted octanol–water partition coefficient (Wildman–Crippen LogP) is -0.418. The van der Waals surface area contributed by atoms with E-state index in [2.05, 4.69) is 25.9 Å². The van der Waals surface area contributed by atoms with Crippen LogP contribution in [0.15, 0.2) is 48.4 Å². The van der Waals surface area contributed by atoms with E-state index in [1.165, 1.54) is 10.9 Å². The lowest BCUT2D eigenvalue weighted by molar-refractivity contribution is -0.139. The molecule has 4 unspecified atom stereocenters. The van der Waals surface area contributed by atoms with E-state index in [0.717, 1.165) is 16.0 Å². The number of nitrogens with one attached hydrogen (secondary N) is 2. The van der Waals surface area contributed by atoms with Crippen LogP contribution >= 0.6 is 0 Å². The molecule has 4 heterocycles. The maximum atomic E-state index is 14.5. The number of benzene rings is 1. The van der Waals surface area contributed by atoms with Crippen molar-refractivity contribution in [3.05, 3.63) is 54.1 Å². The third-order valence-electron chi connectivity index (χ3n) is 6.98. The van der Waals surface area contributed by atoms with Crippen molar-refractivity contribution in [2.45, 2.75) is 38.3 Å². The SMILES string of the molecule is CC1=CNC(NC(=O)C2CC(F)CN2C(=O)Cn2nc(C(N)=O)c3cc(-c4ccnnc4)ccc32)C1C(N)=O. The van der Waals surface area contributed by atoms with Crippen molar-refractivity contribution in [2.75, 3.05) is 6.54 Å². The monoisotopic (exact) mass is 535 g/mol. The number of aromatic nitrogens is 4. The molecule has 0 bridgehead atoms. The van der Waals surface area contributed by atoms with Crippen molar-refractivity contribution >= 4 is 34.5 Å². The first kappa shape index (κ1) is 25.8. The standard InChI is InChI=1S/C25H26FN9O4/c1-12-8-29-24(20(12)22(27)37)32-25(39)18-7-15(26)10-34(18)19(36)11-35-17-3-2-13(14-4-5-30-31-9-14)6-16(17)21(33-35)23(28)38/h2-6,8-9,15,18,20,24,29H,7,10-11H2,1H3,(H2,27,37)(H2,28,38)(H,32,39). The van der Waals surface area contributed by atoms with E-state index in [4.69, 9.17) is 11.5 Å². The lowest BCUT2D eigenvalue weighted by atomic mass is 10.00. The summed E-state index contributed by atoms with van der Waals surface area (Å²) >= 11 is 0. The van der Waals surface area contributed by atoms with E-state index in [0.29, 0.717) is 16.5 Å². The Kier molecular flexibility index (Phi) is 6.68. The van der Waals surface area contributed by atoms with Crippen molar-refractivity contribution in [1.82, 2.24) is 35.5 Å². The van der Waals surface area contributed by atoms with Crippen LogP contribution in [0.1, 0.15) is 23.8 Å². The molecule has 3 aromatic rings. The van der Waals surface area contributed by atoms with Gasteiger partial charge in [-0.2, -0.15) is 15.3 Å². The first-order chi connectivity index (χ1) is 18.6. The van der Waals surface area contributed by atoms with Gasteiger partial charge in [0.1, 0.15) is 24.9 Å². The molecule has 0 saturated carbocycles. The summed E-state index contributed by atoms with van der Waals surface area (Å²) in [5.74, 6) is -3.36. The fraction of sp³-hybridized carbons (Fsp3) is 0.320. The second-order valence-electron chi connectivity index (χ2n) is 9.55. The van der Waals surface area contributed by atoms with Crippen LogP contribution in [0, 0.1) is 5.92 Å². The summed E-state index contributed by atoms with van der Waals surface area (Å²) in [6.45, 7) is 1.05. The number of rotatable bonds is 7. The highest BCUT2D eigenvalue weighted by atomic mass is 19.1. The molecule has 0 spiro atoms. The topological polar surface area (TPSA) is 191 Å². The number of fused-ring (bicyclic) bond motifs is 1. The molecule has 5 rings (SSSR count). The molecule has 1 fully saturated rings. The number of carbonyl (C=O) groups is 4. The smallest absolute Gasteiger partial charge is 0.269 e. The van der Waals surface area contributed by atoms with Gasteiger partial charge in [-0.3, -0.25) is 23.9 Å². The number of hydrogen-bond acceptors (Lipinski definition) is 8. The summed E-state index contributed by atoms with van der Waals surface area (Å²) in [5.41, 5.74) is 13.6. The van der Waals surface area contributed by atoms with Gasteiger partial charge in [0.25, 0.3) is 5.91 Å². The van der Waals surface area contributed by atoms with Gasteiger partial charge in [-0.05, 0) is 42.5 Å². The zero-order valence-corrected chi connectivity index (χ0v) is 20.9. The van der Waals surface area contributed by atoms with Crippen molar-refractivity contribution < 1.29 is 23.6 Å². The number of halogens is 1. The minimum atomic E-state index is -1.42. The van der Waals surface area contributed by atoms with Crippen molar-refractivity contribution in [2.24, 2.45) is 17.4 Å². The molecule has 0 aliphatic carbocycles. The highest BCUT2D eigenvalue weighted by molar-refractivity contribution is 6.05. The van der Waals surface area contributed by atoms with Crippen LogP contribution in [0.2, 0.25) is 0 Å². The molecule has 1 saturated heterocycles. The Bertz CT molecular complexity index is 1510. The van der Waals surface area contributed by atoms with Crippen LogP contribution in [-0.2, 0) is 20.9 Å². The Morgan fingerprint density at radius 2 is 1.95 bits per heavy atom. The molecule has 2 aliphatic rings. The molecule has 2 aliphatic heterocycles. The summed E-state index contributed by atoms with van der Waals surface area (Å²) in [5, 5.41) is 17.8. The molecular formula is C25H26FN9O4. The average Bonchev–Trinajstić information content (AvgIpc) is 3.59. The van der Waals surface area contributed by atoms with Crippen LogP contribution in [0.3, 0.4) is 0 Å². The molecule has 39 heavy (non-hydrogen) atoms. The zero-order valence-electron chi connectivity index (χ0n) is 20.9. The summed E-state index contributed by atoms with van der Waals surface area (Å²) < 4.78 is 15.8. The minimum Gasteiger partial charge on any atom is -0.370 e. The van der Waals surface area contributed by atoms with Gasteiger partial charge in [-0.1, -0.05) is 6.07 Å². The fourth-order valence-electron chi connectivity index (χ4n) is 5.08. The molecule has 14 heteroatoms. The molecule has 13 nitrogen and oxygen atoms in total. The van der Waals surface area contributed by atoms with Crippen LogP contribution in [0.5, 0.6) is 0 Å². The number of alkyl halides is 1. The quantitative estimate of drug-likeness (QED) is 0.313. The maximum Gasteiger partial charge on any atom is 0.269 e. The highest BCUT2D eigenvalue weighted by Gasteiger charge is 2.42. The average molecular weight is 536 g/mol. The first-order valence-electron chi connectivity index (χ1n) is 12.2. The second-order valence-corrected chi connectivity index (χ2v) is 9.55. The van der Waals surface area contributed by atoms with Gasteiger partial charge < -0.3 is 27.0 Å². The molecule has 6 N–H and O–H groups in total. The van der Waals surface area contributed by atoms with E-state index in [-0.39, 0.29) is 25.2 Å². The summed E-state index contributed by atoms with van der Waals surface area (Å²) in [6, 6.07) is 5.82. The first-order valence-corrected chi connectivity index (χ1v) is 12.2. The zero-order chi connectivity index (χ0) is 27.8. The van der Waals surface area contributed by atoms with E-state index < -0.39 is 47.9 Å². The number of likely N-dealkylation sites (tertiary alicyclic amines) is 1. The van der Waals surface area contributed by atoms with Crippen molar-refractivity contribution in [3.8, 4) is 11.1 Å². The van der Waals surface area contributed by atoms with E-state index in [9.17, 15) is 23.6 Å². The van der Waals surface area contributed by atoms with Crippen LogP contribution < -0.4 is 22.1 Å². The summed E-state index contributed by atoms with van der Waals surface area (Å²) in [7, 11) is 0. The van der Waals surface area contributed by atoms with Crippen LogP contribution in [-0.4, -0.2) is 73.4 Å². The van der Waals surface area contributed by atoms with E-state index >= 15 is 0 Å². The van der Waals surface area contributed by atoms with E-state index in [1.807, 2.05) is 0 Å². The van der Waals surface area contributed by atoms with Gasteiger partial charge in [-0.15, -0.1) is 0 Å². The maximum absolute atomic E-state index is 14.5. The second kappa shape index (κ2) is 10.1. The van der Waals surface area contributed by atoms with Gasteiger partial charge >= 0.3 is 0 Å². The number of amides is 4. The normalized spacial score (nSPS) is 22.4. The number of nitrogens with zero attached hydrogens (tertiary/aromatic N) is 5. The third kappa shape index (κ3) is 4.87. The molecule has 0 radical (unpaired) electrons. The molecule has 4 amide bonds. The van der Waals surface area contributed by atoms with Crippen LogP contribution in [0.4, 0.5) is 4.39 Å². The third-order valence-corrected chi connectivity index (χ3v) is 6.98. The molecule has 202 valence electrons. The van der Waals surface area contributed by atoms with Gasteiger partial charge in [-0.25, -0.2) is 4.39 Å². The van der Waals surface area contributed by atoms with Gasteiger partial charge in [0.2, 0.25) is 17.7 Å². The summed E-state index contributed by atoms with van der Waals surface area (Å²) in [6.07, 6.45) is 2.25. The van der Waals surface area contributed by atoms with Crippen molar-refractivity contribution in [3.63, 3.8) is 0 Å². The van der Waals surface area contributed by atoms with Crippen LogP contribution in [0.25, 0.3) is 22.0 Å². The fourth-order valence-corrected chi connectivity index (χ4v) is 5.08. The minimum absolute atomic E-state index is 0.0339. The molecule has 4 atom stereocenters. The van der Waals surface area contributed by atoms with E-state index in [1.54, 1.807) is 43.6 Å². The van der Waals surface area contributed by atoms with Gasteiger partial charge in [0, 0.05) is 17.4 Å². The summed E-state index contributed by atoms with van der Waals surface area (Å²) in [4.78, 5) is 51.5. The number of hydrogen-bond donors (Lipinski definition) is 4. The van der Waals surface area contributed by atoms with Crippen molar-refractivity contribution in [1.29, 1.82) is 0 Å². The Labute approximate surface area is 221 Å². The Morgan fingerprint density at radius 1 is 1.15 bits per heavy atom. The molecule has 2 aromatic heterocycles. The highest BCUT2D eigenvalue weighted by Crippen LogP contribution is 2.28. The largest absolute Gasteiger partial charge is 0.370 e.